The number of carbonyl (C=O) groups excluding carboxylic acids is 1. The van der Waals surface area contributed by atoms with Gasteiger partial charge in [-0.2, -0.15) is 0 Å². The second-order valence-electron chi connectivity index (χ2n) is 9.30. The molecule has 2 aliphatic heterocycles. The van der Waals surface area contributed by atoms with E-state index in [4.69, 9.17) is 9.47 Å². The number of rotatable bonds is 6. The normalized spacial score (nSPS) is 16.5. The molecule has 0 saturated carbocycles. The summed E-state index contributed by atoms with van der Waals surface area (Å²) in [5, 5.41) is 1.18. The van der Waals surface area contributed by atoms with E-state index in [1.165, 1.54) is 22.1 Å². The van der Waals surface area contributed by atoms with Crippen LogP contribution >= 0.6 is 0 Å². The number of ether oxygens (including phenoxy) is 2. The minimum Gasteiger partial charge on any atom is -0.454 e. The SMILES string of the molecule is O=C(CC(c1ccccc1)c1c[nH]c2ccccc12)N1CCN(Cc2ccc3c(c2)OCO3)CC1. The average Bonchev–Trinajstić information content (AvgIpc) is 3.55. The van der Waals surface area contributed by atoms with Gasteiger partial charge in [-0.05, 0) is 34.9 Å². The summed E-state index contributed by atoms with van der Waals surface area (Å²) in [4.78, 5) is 21.3. The van der Waals surface area contributed by atoms with Crippen molar-refractivity contribution in [1.82, 2.24) is 14.8 Å². The summed E-state index contributed by atoms with van der Waals surface area (Å²) in [6.45, 7) is 4.37. The van der Waals surface area contributed by atoms with E-state index in [9.17, 15) is 4.79 Å². The maximum Gasteiger partial charge on any atom is 0.231 e. The molecule has 1 amide bonds. The first-order chi connectivity index (χ1) is 17.2. The monoisotopic (exact) mass is 467 g/mol. The lowest BCUT2D eigenvalue weighted by molar-refractivity contribution is -0.133. The maximum atomic E-state index is 13.5. The summed E-state index contributed by atoms with van der Waals surface area (Å²) in [5.41, 5.74) is 4.67. The third kappa shape index (κ3) is 4.49. The summed E-state index contributed by atoms with van der Waals surface area (Å²) in [6.07, 6.45) is 2.53. The number of nitrogens with one attached hydrogen (secondary N) is 1. The van der Waals surface area contributed by atoms with E-state index in [2.05, 4.69) is 70.7 Å². The van der Waals surface area contributed by atoms with Crippen LogP contribution in [0.4, 0.5) is 0 Å². The Labute approximate surface area is 205 Å². The topological polar surface area (TPSA) is 57.8 Å². The Hall–Kier alpha value is -3.77. The van der Waals surface area contributed by atoms with Gasteiger partial charge in [-0.3, -0.25) is 9.69 Å². The molecule has 6 rings (SSSR count). The van der Waals surface area contributed by atoms with Crippen molar-refractivity contribution in [2.75, 3.05) is 33.0 Å². The average molecular weight is 468 g/mol. The van der Waals surface area contributed by atoms with Crippen LogP contribution in [0.3, 0.4) is 0 Å². The van der Waals surface area contributed by atoms with Crippen LogP contribution in [0.15, 0.2) is 79.0 Å². The Morgan fingerprint density at radius 3 is 2.51 bits per heavy atom. The van der Waals surface area contributed by atoms with Crippen LogP contribution in [-0.2, 0) is 11.3 Å². The highest BCUT2D eigenvalue weighted by molar-refractivity contribution is 5.86. The van der Waals surface area contributed by atoms with Gasteiger partial charge in [-0.25, -0.2) is 0 Å². The fourth-order valence-corrected chi connectivity index (χ4v) is 5.23. The Kier molecular flexibility index (Phi) is 5.88. The van der Waals surface area contributed by atoms with E-state index in [1.807, 2.05) is 23.1 Å². The Balaban J connectivity index is 1.13. The molecule has 6 nitrogen and oxygen atoms in total. The van der Waals surface area contributed by atoms with Crippen molar-refractivity contribution in [1.29, 1.82) is 0 Å². The van der Waals surface area contributed by atoms with Crippen molar-refractivity contribution in [3.05, 3.63) is 95.7 Å². The van der Waals surface area contributed by atoms with Gasteiger partial charge in [-0.15, -0.1) is 0 Å². The van der Waals surface area contributed by atoms with E-state index in [0.29, 0.717) is 13.2 Å². The van der Waals surface area contributed by atoms with Crippen molar-refractivity contribution < 1.29 is 14.3 Å². The van der Waals surface area contributed by atoms with Crippen LogP contribution < -0.4 is 9.47 Å². The van der Waals surface area contributed by atoms with Crippen LogP contribution in [0.5, 0.6) is 11.5 Å². The minimum atomic E-state index is 0.0199. The molecule has 178 valence electrons. The first-order valence-electron chi connectivity index (χ1n) is 12.2. The lowest BCUT2D eigenvalue weighted by Crippen LogP contribution is -2.48. The molecule has 6 heteroatoms. The number of aromatic amines is 1. The fourth-order valence-electron chi connectivity index (χ4n) is 5.23. The van der Waals surface area contributed by atoms with Gasteiger partial charge in [0.25, 0.3) is 0 Å². The van der Waals surface area contributed by atoms with Gasteiger partial charge in [0.05, 0.1) is 0 Å². The Morgan fingerprint density at radius 1 is 0.886 bits per heavy atom. The van der Waals surface area contributed by atoms with E-state index < -0.39 is 0 Å². The quantitative estimate of drug-likeness (QED) is 0.444. The Morgan fingerprint density at radius 2 is 1.66 bits per heavy atom. The fraction of sp³-hybridized carbons (Fsp3) is 0.276. The second-order valence-corrected chi connectivity index (χ2v) is 9.30. The zero-order chi connectivity index (χ0) is 23.6. The van der Waals surface area contributed by atoms with Crippen molar-refractivity contribution >= 4 is 16.8 Å². The lowest BCUT2D eigenvalue weighted by atomic mass is 9.87. The summed E-state index contributed by atoms with van der Waals surface area (Å²) < 4.78 is 10.9. The number of carbonyl (C=O) groups is 1. The van der Waals surface area contributed by atoms with Gasteiger partial charge in [0, 0.05) is 62.2 Å². The molecule has 3 aromatic carbocycles. The number of fused-ring (bicyclic) bond motifs is 2. The molecule has 0 radical (unpaired) electrons. The summed E-state index contributed by atoms with van der Waals surface area (Å²) in [6, 6.07) is 24.8. The van der Waals surface area contributed by atoms with E-state index in [1.54, 1.807) is 0 Å². The van der Waals surface area contributed by atoms with Gasteiger partial charge in [0.2, 0.25) is 12.7 Å². The van der Waals surface area contributed by atoms with Crippen LogP contribution in [0, 0.1) is 0 Å². The summed E-state index contributed by atoms with van der Waals surface area (Å²) in [7, 11) is 0. The molecule has 0 bridgehead atoms. The van der Waals surface area contributed by atoms with Crippen LogP contribution in [0.2, 0.25) is 0 Å². The second kappa shape index (κ2) is 9.47. The zero-order valence-corrected chi connectivity index (χ0v) is 19.7. The smallest absolute Gasteiger partial charge is 0.231 e. The molecule has 35 heavy (non-hydrogen) atoms. The minimum absolute atomic E-state index is 0.0199. The molecule has 3 heterocycles. The highest BCUT2D eigenvalue weighted by Gasteiger charge is 2.27. The van der Waals surface area contributed by atoms with Gasteiger partial charge < -0.3 is 19.4 Å². The molecule has 1 saturated heterocycles. The largest absolute Gasteiger partial charge is 0.454 e. The van der Waals surface area contributed by atoms with Crippen LogP contribution in [-0.4, -0.2) is 53.7 Å². The first-order valence-corrected chi connectivity index (χ1v) is 12.2. The number of aromatic nitrogens is 1. The lowest BCUT2D eigenvalue weighted by Gasteiger charge is -2.35. The standard InChI is InChI=1S/C29H29N3O3/c33-29(32-14-12-31(13-15-32)19-21-10-11-27-28(16-21)35-20-34-27)17-24(22-6-2-1-3-7-22)25-18-30-26-9-5-4-8-23(25)26/h1-11,16,18,24,30H,12-15,17,19-20H2. The van der Waals surface area contributed by atoms with Gasteiger partial charge in [0.1, 0.15) is 0 Å². The molecular weight excluding hydrogens is 438 g/mol. The van der Waals surface area contributed by atoms with E-state index >= 15 is 0 Å². The number of para-hydroxylation sites is 1. The Bertz CT molecular complexity index is 1330. The van der Waals surface area contributed by atoms with Gasteiger partial charge >= 0.3 is 0 Å². The third-order valence-corrected chi connectivity index (χ3v) is 7.15. The van der Waals surface area contributed by atoms with Crippen molar-refractivity contribution in [3.63, 3.8) is 0 Å². The molecule has 1 aromatic heterocycles. The number of hydrogen-bond donors (Lipinski definition) is 1. The molecule has 0 spiro atoms. The number of benzene rings is 3. The molecule has 1 N–H and O–H groups in total. The molecule has 1 atom stereocenters. The van der Waals surface area contributed by atoms with Gasteiger partial charge in [-0.1, -0.05) is 54.6 Å². The first kappa shape index (κ1) is 21.7. The number of H-pyrrole nitrogens is 1. The molecule has 1 unspecified atom stereocenters. The molecule has 4 aromatic rings. The maximum absolute atomic E-state index is 13.5. The van der Waals surface area contributed by atoms with Crippen molar-refractivity contribution in [2.24, 2.45) is 0 Å². The summed E-state index contributed by atoms with van der Waals surface area (Å²) >= 11 is 0. The van der Waals surface area contributed by atoms with Crippen LogP contribution in [0.25, 0.3) is 10.9 Å². The molecule has 2 aliphatic rings. The van der Waals surface area contributed by atoms with Crippen molar-refractivity contribution in [3.8, 4) is 11.5 Å². The molecule has 0 aliphatic carbocycles. The highest BCUT2D eigenvalue weighted by atomic mass is 16.7. The van der Waals surface area contributed by atoms with Crippen LogP contribution in [0.1, 0.15) is 29.0 Å². The predicted octanol–water partition coefficient (Wildman–Crippen LogP) is 4.76. The predicted molar refractivity (Wildman–Crippen MR) is 136 cm³/mol. The molecule has 1 fully saturated rings. The number of piperazine rings is 1. The third-order valence-electron chi connectivity index (χ3n) is 7.15. The van der Waals surface area contributed by atoms with E-state index in [-0.39, 0.29) is 11.8 Å². The van der Waals surface area contributed by atoms with Gasteiger partial charge in [0.15, 0.2) is 11.5 Å². The van der Waals surface area contributed by atoms with Crippen molar-refractivity contribution in [2.45, 2.75) is 18.9 Å². The highest BCUT2D eigenvalue weighted by Crippen LogP contribution is 2.35. The summed E-state index contributed by atoms with van der Waals surface area (Å²) in [5.74, 6) is 1.87. The number of hydrogen-bond acceptors (Lipinski definition) is 4. The molecular formula is C29H29N3O3. The van der Waals surface area contributed by atoms with E-state index in [0.717, 1.165) is 49.7 Å². The zero-order valence-electron chi connectivity index (χ0n) is 19.7. The number of amides is 1. The number of nitrogens with zero attached hydrogens (tertiary/aromatic N) is 2.